The van der Waals surface area contributed by atoms with Gasteiger partial charge in [-0.3, -0.25) is 4.99 Å². The Labute approximate surface area is 171 Å². The summed E-state index contributed by atoms with van der Waals surface area (Å²) < 4.78 is 0. The van der Waals surface area contributed by atoms with Gasteiger partial charge in [0.2, 0.25) is 0 Å². The number of nitrogens with one attached hydrogen (secondary N) is 2. The zero-order valence-corrected chi connectivity index (χ0v) is 18.7. The molecular formula is C19H39IN4O. The van der Waals surface area contributed by atoms with Gasteiger partial charge in [0, 0.05) is 18.6 Å². The zero-order valence-electron chi connectivity index (χ0n) is 16.3. The second-order valence-corrected chi connectivity index (χ2v) is 7.80. The van der Waals surface area contributed by atoms with Crippen LogP contribution in [0.15, 0.2) is 4.99 Å². The van der Waals surface area contributed by atoms with E-state index in [0.29, 0.717) is 12.1 Å². The Balaban J connectivity index is 0.00000312. The van der Waals surface area contributed by atoms with Crippen LogP contribution < -0.4 is 10.6 Å². The van der Waals surface area contributed by atoms with Crippen LogP contribution in [-0.2, 0) is 0 Å². The largest absolute Gasteiger partial charge is 0.393 e. The van der Waals surface area contributed by atoms with Crippen LogP contribution in [0.25, 0.3) is 0 Å². The first-order valence-corrected chi connectivity index (χ1v) is 9.99. The number of rotatable bonds is 6. The van der Waals surface area contributed by atoms with E-state index < -0.39 is 0 Å². The van der Waals surface area contributed by atoms with E-state index in [2.05, 4.69) is 36.6 Å². The fourth-order valence-corrected chi connectivity index (χ4v) is 4.17. The Bertz CT molecular complexity index is 378. The van der Waals surface area contributed by atoms with Crippen molar-refractivity contribution in [3.05, 3.63) is 0 Å². The van der Waals surface area contributed by atoms with Crippen molar-refractivity contribution in [2.75, 3.05) is 27.2 Å². The molecule has 2 aliphatic rings. The minimum Gasteiger partial charge on any atom is -0.393 e. The molecule has 0 saturated heterocycles. The number of hydrogen-bond donors (Lipinski definition) is 3. The van der Waals surface area contributed by atoms with Crippen LogP contribution >= 0.6 is 24.0 Å². The van der Waals surface area contributed by atoms with Crippen molar-refractivity contribution in [3.8, 4) is 0 Å². The van der Waals surface area contributed by atoms with E-state index in [1.807, 2.05) is 0 Å². The number of halogens is 1. The molecule has 2 saturated carbocycles. The number of aliphatic hydroxyl groups is 1. The van der Waals surface area contributed by atoms with Gasteiger partial charge >= 0.3 is 0 Å². The van der Waals surface area contributed by atoms with E-state index in [9.17, 15) is 5.11 Å². The van der Waals surface area contributed by atoms with Crippen LogP contribution in [0.5, 0.6) is 0 Å². The fraction of sp³-hybridized carbons (Fsp3) is 0.947. The highest BCUT2D eigenvalue weighted by molar-refractivity contribution is 14.0. The minimum absolute atomic E-state index is 0. The van der Waals surface area contributed by atoms with Gasteiger partial charge in [-0.1, -0.05) is 19.3 Å². The van der Waals surface area contributed by atoms with Gasteiger partial charge in [0.25, 0.3) is 0 Å². The molecule has 0 spiro atoms. The molecule has 0 radical (unpaired) electrons. The topological polar surface area (TPSA) is 59.9 Å². The number of hydrogen-bond acceptors (Lipinski definition) is 3. The molecule has 6 heteroatoms. The number of nitrogens with zero attached hydrogens (tertiary/aromatic N) is 2. The highest BCUT2D eigenvalue weighted by Gasteiger charge is 2.25. The zero-order chi connectivity index (χ0) is 17.4. The molecule has 0 aromatic rings. The van der Waals surface area contributed by atoms with Crippen LogP contribution in [0.3, 0.4) is 0 Å². The molecule has 5 nitrogen and oxygen atoms in total. The average molecular weight is 466 g/mol. The predicted molar refractivity (Wildman–Crippen MR) is 117 cm³/mol. The third-order valence-electron chi connectivity index (χ3n) is 5.68. The van der Waals surface area contributed by atoms with Crippen molar-refractivity contribution in [1.29, 1.82) is 0 Å². The standard InChI is InChI=1S/C19H38N4O.HI/c1-4-20-19(22-16-10-12-17(24)13-11-16)21-14-18(23(2)3)15-8-6-5-7-9-15;/h15-18,24H,4-14H2,1-3H3,(H2,20,21,22);1H. The summed E-state index contributed by atoms with van der Waals surface area (Å²) in [6.45, 7) is 3.87. The normalized spacial score (nSPS) is 26.8. The summed E-state index contributed by atoms with van der Waals surface area (Å²) in [5.41, 5.74) is 0. The molecule has 25 heavy (non-hydrogen) atoms. The third kappa shape index (κ3) is 7.99. The van der Waals surface area contributed by atoms with Crippen LogP contribution in [0.2, 0.25) is 0 Å². The summed E-state index contributed by atoms with van der Waals surface area (Å²) in [5.74, 6) is 1.73. The van der Waals surface area contributed by atoms with Gasteiger partial charge in [0.15, 0.2) is 5.96 Å². The van der Waals surface area contributed by atoms with Gasteiger partial charge in [0.05, 0.1) is 12.6 Å². The minimum atomic E-state index is -0.105. The maximum absolute atomic E-state index is 9.67. The molecule has 0 aliphatic heterocycles. The number of aliphatic imine (C=N–C) groups is 1. The molecule has 1 unspecified atom stereocenters. The summed E-state index contributed by atoms with van der Waals surface area (Å²) in [7, 11) is 4.38. The Hall–Kier alpha value is -0.0800. The van der Waals surface area contributed by atoms with Gasteiger partial charge < -0.3 is 20.6 Å². The maximum Gasteiger partial charge on any atom is 0.191 e. The Morgan fingerprint density at radius 1 is 1.08 bits per heavy atom. The van der Waals surface area contributed by atoms with Crippen LogP contribution in [0.4, 0.5) is 0 Å². The monoisotopic (exact) mass is 466 g/mol. The van der Waals surface area contributed by atoms with Crippen LogP contribution in [0, 0.1) is 5.92 Å². The fourth-order valence-electron chi connectivity index (χ4n) is 4.17. The molecular weight excluding hydrogens is 427 g/mol. The van der Waals surface area contributed by atoms with E-state index in [1.54, 1.807) is 0 Å². The molecule has 2 fully saturated rings. The second kappa shape index (κ2) is 12.3. The van der Waals surface area contributed by atoms with Gasteiger partial charge in [-0.25, -0.2) is 0 Å². The Morgan fingerprint density at radius 2 is 1.72 bits per heavy atom. The average Bonchev–Trinajstić information content (AvgIpc) is 2.58. The summed E-state index contributed by atoms with van der Waals surface area (Å²) >= 11 is 0. The van der Waals surface area contributed by atoms with Gasteiger partial charge in [-0.05, 0) is 65.5 Å². The van der Waals surface area contributed by atoms with Gasteiger partial charge in [0.1, 0.15) is 0 Å². The quantitative estimate of drug-likeness (QED) is 0.320. The molecule has 148 valence electrons. The number of aliphatic hydroxyl groups excluding tert-OH is 1. The van der Waals surface area contributed by atoms with Crippen molar-refractivity contribution in [1.82, 2.24) is 15.5 Å². The van der Waals surface area contributed by atoms with Crippen LogP contribution in [-0.4, -0.2) is 61.3 Å². The molecule has 0 amide bonds. The van der Waals surface area contributed by atoms with E-state index in [1.165, 1.54) is 32.1 Å². The second-order valence-electron chi connectivity index (χ2n) is 7.80. The first kappa shape index (κ1) is 23.0. The lowest BCUT2D eigenvalue weighted by Gasteiger charge is -2.34. The lowest BCUT2D eigenvalue weighted by molar-refractivity contribution is 0.120. The van der Waals surface area contributed by atoms with E-state index in [-0.39, 0.29) is 30.1 Å². The first-order chi connectivity index (χ1) is 11.6. The molecule has 2 aliphatic carbocycles. The molecule has 0 aromatic carbocycles. The maximum atomic E-state index is 9.67. The van der Waals surface area contributed by atoms with Crippen LogP contribution in [0.1, 0.15) is 64.7 Å². The molecule has 2 rings (SSSR count). The third-order valence-corrected chi connectivity index (χ3v) is 5.68. The number of likely N-dealkylation sites (N-methyl/N-ethyl adjacent to an activating group) is 1. The van der Waals surface area contributed by atoms with E-state index in [0.717, 1.165) is 50.7 Å². The van der Waals surface area contributed by atoms with Crippen molar-refractivity contribution >= 4 is 29.9 Å². The summed E-state index contributed by atoms with van der Waals surface area (Å²) in [5, 5.41) is 16.6. The lowest BCUT2D eigenvalue weighted by Crippen LogP contribution is -2.46. The van der Waals surface area contributed by atoms with Crippen molar-refractivity contribution < 1.29 is 5.11 Å². The number of guanidine groups is 1. The van der Waals surface area contributed by atoms with Gasteiger partial charge in [-0.15, -0.1) is 24.0 Å². The molecule has 0 heterocycles. The molecule has 0 bridgehead atoms. The highest BCUT2D eigenvalue weighted by Crippen LogP contribution is 2.28. The first-order valence-electron chi connectivity index (χ1n) is 9.99. The summed E-state index contributed by atoms with van der Waals surface area (Å²) in [4.78, 5) is 7.27. The van der Waals surface area contributed by atoms with Crippen molar-refractivity contribution in [3.63, 3.8) is 0 Å². The predicted octanol–water partition coefficient (Wildman–Crippen LogP) is 2.97. The SMILES string of the molecule is CCNC(=NCC(C1CCCCC1)N(C)C)NC1CCC(O)CC1.I. The van der Waals surface area contributed by atoms with Crippen molar-refractivity contribution in [2.45, 2.75) is 82.9 Å². The summed E-state index contributed by atoms with van der Waals surface area (Å²) in [6.07, 6.45) is 10.6. The van der Waals surface area contributed by atoms with E-state index >= 15 is 0 Å². The molecule has 3 N–H and O–H groups in total. The summed E-state index contributed by atoms with van der Waals surface area (Å²) in [6, 6.07) is 0.979. The van der Waals surface area contributed by atoms with Crippen molar-refractivity contribution in [2.24, 2.45) is 10.9 Å². The van der Waals surface area contributed by atoms with Gasteiger partial charge in [-0.2, -0.15) is 0 Å². The molecule has 0 aromatic heterocycles. The lowest BCUT2D eigenvalue weighted by atomic mass is 9.83. The molecule has 1 atom stereocenters. The highest BCUT2D eigenvalue weighted by atomic mass is 127. The smallest absolute Gasteiger partial charge is 0.191 e. The Morgan fingerprint density at radius 3 is 2.28 bits per heavy atom. The Kier molecular flexibility index (Phi) is 11.3. The van der Waals surface area contributed by atoms with E-state index in [4.69, 9.17) is 4.99 Å².